The van der Waals surface area contributed by atoms with Crippen molar-refractivity contribution in [3.8, 4) is 0 Å². The molecule has 3 fully saturated rings. The molecule has 6 atom stereocenters. The van der Waals surface area contributed by atoms with Crippen LogP contribution in [-0.4, -0.2) is 106 Å². The summed E-state index contributed by atoms with van der Waals surface area (Å²) in [6, 6.07) is -0.638. The van der Waals surface area contributed by atoms with Crippen LogP contribution < -0.4 is 10.6 Å². The number of carboxylic acids is 1. The number of carboxylic acid groups (broad SMARTS) is 1. The Morgan fingerprint density at radius 3 is 2.39 bits per heavy atom. The summed E-state index contributed by atoms with van der Waals surface area (Å²) in [5.74, 6) is -2.19. The molecule has 12 nitrogen and oxygen atoms in total. The number of hydrogen-bond acceptors (Lipinski definition) is 9. The maximum atomic E-state index is 12.9. The molecule has 0 aliphatic carbocycles. The predicted molar refractivity (Wildman–Crippen MR) is 138 cm³/mol. The first-order valence-corrected chi connectivity index (χ1v) is 14.8. The van der Waals surface area contributed by atoms with E-state index < -0.39 is 28.5 Å². The molecule has 15 heteroatoms. The van der Waals surface area contributed by atoms with Gasteiger partial charge in [-0.1, -0.05) is 10.8 Å². The fourth-order valence-electron chi connectivity index (χ4n) is 5.81. The number of fused-ring (bicyclic) bond motifs is 1. The van der Waals surface area contributed by atoms with Crippen molar-refractivity contribution >= 4 is 40.0 Å². The van der Waals surface area contributed by atoms with Gasteiger partial charge in [0.1, 0.15) is 5.70 Å². The van der Waals surface area contributed by atoms with Gasteiger partial charge in [0.05, 0.1) is 24.1 Å². The molecule has 0 aromatic heterocycles. The summed E-state index contributed by atoms with van der Waals surface area (Å²) in [6.07, 6.45) is 2.20. The summed E-state index contributed by atoms with van der Waals surface area (Å²) < 4.78 is 34.1. The van der Waals surface area contributed by atoms with Gasteiger partial charge in [0.2, 0.25) is 11.8 Å². The van der Waals surface area contributed by atoms with E-state index in [1.165, 1.54) is 29.5 Å². The molecule has 0 aromatic carbocycles. The highest BCUT2D eigenvalue weighted by atomic mass is 32.3. The molecule has 0 spiro atoms. The van der Waals surface area contributed by atoms with Crippen molar-refractivity contribution in [3.63, 3.8) is 0 Å². The smallest absolute Gasteiger partial charge is 0.435 e. The van der Waals surface area contributed by atoms with E-state index in [-0.39, 0.29) is 46.3 Å². The highest BCUT2D eigenvalue weighted by Crippen LogP contribution is 2.51. The Kier molecular flexibility index (Phi) is 9.52. The normalized spacial score (nSPS) is 30.4. The number of hydrogen-bond donors (Lipinski definition) is 5. The van der Waals surface area contributed by atoms with Gasteiger partial charge in [0.25, 0.3) is 0 Å². The molecule has 4 aliphatic heterocycles. The van der Waals surface area contributed by atoms with E-state index in [1.54, 1.807) is 6.92 Å². The van der Waals surface area contributed by atoms with Crippen molar-refractivity contribution in [1.82, 2.24) is 20.4 Å². The largest absolute Gasteiger partial charge is 0.477 e. The zero-order valence-electron chi connectivity index (χ0n) is 21.9. The number of β-lactam (4-membered cyclic amide) rings is 1. The van der Waals surface area contributed by atoms with E-state index in [4.69, 9.17) is 13.0 Å². The van der Waals surface area contributed by atoms with E-state index in [1.807, 2.05) is 20.8 Å². The average molecular weight is 581 g/mol. The van der Waals surface area contributed by atoms with Gasteiger partial charge in [0, 0.05) is 34.7 Å². The molecule has 4 rings (SSSR count). The lowest BCUT2D eigenvalue weighted by Crippen LogP contribution is -2.63. The van der Waals surface area contributed by atoms with Crippen LogP contribution in [0.1, 0.15) is 47.0 Å². The van der Waals surface area contributed by atoms with Crippen molar-refractivity contribution in [2.75, 3.05) is 26.2 Å². The number of aliphatic hydroxyl groups is 1. The van der Waals surface area contributed by atoms with Crippen LogP contribution in [0.3, 0.4) is 0 Å². The third kappa shape index (κ3) is 7.24. The summed E-state index contributed by atoms with van der Waals surface area (Å²) in [4.78, 5) is 41.9. The van der Waals surface area contributed by atoms with Gasteiger partial charge < -0.3 is 30.6 Å². The third-order valence-corrected chi connectivity index (χ3v) is 8.80. The summed E-state index contributed by atoms with van der Waals surface area (Å²) in [7, 11) is -5.17. The van der Waals surface area contributed by atoms with Gasteiger partial charge in [-0.15, -0.1) is 11.8 Å². The molecule has 2 amide bonds. The van der Waals surface area contributed by atoms with Crippen LogP contribution in [0.4, 0.5) is 3.89 Å². The second-order valence-electron chi connectivity index (χ2n) is 11.0. The number of nitrogens with zero attached hydrogens (tertiary/aromatic N) is 2. The first-order valence-electron chi connectivity index (χ1n) is 12.6. The number of amides is 2. The number of aliphatic hydroxyl groups excluding tert-OH is 1. The third-order valence-electron chi connectivity index (χ3n) is 7.29. The Hall–Kier alpha value is -1.78. The number of nitrogens with one attached hydrogen (secondary N) is 2. The molecule has 38 heavy (non-hydrogen) atoms. The number of halogens is 1. The summed E-state index contributed by atoms with van der Waals surface area (Å²) >= 11 is 1.46. The Labute approximate surface area is 226 Å². The molecule has 0 aromatic rings. The van der Waals surface area contributed by atoms with Gasteiger partial charge in [-0.05, 0) is 53.1 Å². The summed E-state index contributed by atoms with van der Waals surface area (Å²) in [5.41, 5.74) is -0.282. The number of aliphatic carboxylic acids is 1. The monoisotopic (exact) mass is 580 g/mol. The van der Waals surface area contributed by atoms with Crippen LogP contribution in [0.15, 0.2) is 10.6 Å². The van der Waals surface area contributed by atoms with Crippen molar-refractivity contribution in [3.05, 3.63) is 10.6 Å². The first kappa shape index (κ1) is 30.8. The van der Waals surface area contributed by atoms with Crippen molar-refractivity contribution < 1.29 is 41.5 Å². The van der Waals surface area contributed by atoms with Gasteiger partial charge >= 0.3 is 16.5 Å². The maximum absolute atomic E-state index is 12.9. The molecule has 0 saturated carbocycles. The van der Waals surface area contributed by atoms with Crippen molar-refractivity contribution in [1.29, 1.82) is 0 Å². The Bertz CT molecular complexity index is 1070. The number of rotatable bonds is 8. The van der Waals surface area contributed by atoms with Crippen LogP contribution >= 0.6 is 11.8 Å². The van der Waals surface area contributed by atoms with Gasteiger partial charge in [-0.3, -0.25) is 14.1 Å². The quantitative estimate of drug-likeness (QED) is 0.152. The molecule has 216 valence electrons. The molecule has 0 unspecified atom stereocenters. The van der Waals surface area contributed by atoms with Gasteiger partial charge in [0.15, 0.2) is 0 Å². The molecule has 0 bridgehead atoms. The molecule has 3 saturated heterocycles. The number of likely N-dealkylation sites (tertiary alicyclic amines) is 1. The van der Waals surface area contributed by atoms with Crippen LogP contribution in [0, 0.1) is 11.8 Å². The second kappa shape index (κ2) is 11.8. The minimum atomic E-state index is -5.17. The molecule has 4 aliphatic rings. The van der Waals surface area contributed by atoms with Crippen LogP contribution in [0.5, 0.6) is 0 Å². The second-order valence-corrected chi connectivity index (χ2v) is 13.1. The lowest BCUT2D eigenvalue weighted by molar-refractivity contribution is -0.163. The van der Waals surface area contributed by atoms with Crippen LogP contribution in [-0.2, 0) is 24.9 Å². The highest BCUT2D eigenvalue weighted by molar-refractivity contribution is 8.03. The fourth-order valence-corrected chi connectivity index (χ4v) is 7.29. The Morgan fingerprint density at radius 2 is 1.87 bits per heavy atom. The minimum absolute atomic E-state index is 0.0256. The van der Waals surface area contributed by atoms with E-state index in [2.05, 4.69) is 15.5 Å². The predicted octanol–water partition coefficient (Wildman–Crippen LogP) is 0.353. The number of carbonyl (C=O) groups excluding carboxylic acids is 2. The lowest BCUT2D eigenvalue weighted by Gasteiger charge is -2.46. The van der Waals surface area contributed by atoms with Crippen LogP contribution in [0.2, 0.25) is 0 Å². The SMILES string of the molecule is C[C@@H](O)[C@H]1C(=O)N2C(C(=O)O)=C(S[C@@H]3CN[C@H](C(=O)NC(C)(C)CN4CCCC4)C3)[C@H](C)[C@H]12.O=S(=O)(O)F. The standard InChI is InChI=1S/C23H36N4O5S.FHO3S/c1-12-17-16(13(2)28)21(30)27(17)18(22(31)32)19(12)33-14-9-15(24-10-14)20(29)25-23(3,4)11-26-7-5-6-8-26;1-5(2,3)4/h12-17,24,28H,5-11H2,1-4H3,(H,25,29)(H,31,32);(H,2,3,4)/t12-,13-,14+,15+,16-,17-;/m1./s1. The van der Waals surface area contributed by atoms with Crippen molar-refractivity contribution in [2.24, 2.45) is 11.8 Å². The van der Waals surface area contributed by atoms with E-state index in [9.17, 15) is 28.5 Å². The number of thioether (sulfide) groups is 1. The van der Waals surface area contributed by atoms with E-state index in [0.29, 0.717) is 17.9 Å². The highest BCUT2D eigenvalue weighted by Gasteiger charge is 2.60. The summed E-state index contributed by atoms with van der Waals surface area (Å²) in [6.45, 7) is 11.2. The maximum Gasteiger partial charge on any atom is 0.435 e. The zero-order valence-corrected chi connectivity index (χ0v) is 23.5. The Balaban J connectivity index is 0.000000732. The van der Waals surface area contributed by atoms with E-state index >= 15 is 0 Å². The average Bonchev–Trinajstić information content (AvgIpc) is 3.47. The molecular weight excluding hydrogens is 543 g/mol. The molecule has 0 radical (unpaired) electrons. The number of carbonyl (C=O) groups is 3. The molecule has 5 N–H and O–H groups in total. The Morgan fingerprint density at radius 1 is 1.29 bits per heavy atom. The van der Waals surface area contributed by atoms with Gasteiger partial charge in [-0.2, -0.15) is 8.42 Å². The van der Waals surface area contributed by atoms with Gasteiger partial charge in [-0.25, -0.2) is 4.79 Å². The van der Waals surface area contributed by atoms with Crippen molar-refractivity contribution in [2.45, 2.75) is 75.9 Å². The first-order chi connectivity index (χ1) is 17.5. The molecule has 4 heterocycles. The topological polar surface area (TPSA) is 177 Å². The minimum Gasteiger partial charge on any atom is -0.477 e. The summed E-state index contributed by atoms with van der Waals surface area (Å²) in [5, 5.41) is 26.3. The lowest BCUT2D eigenvalue weighted by atomic mass is 9.79. The zero-order chi connectivity index (χ0) is 28.6. The van der Waals surface area contributed by atoms with Crippen LogP contribution in [0.25, 0.3) is 0 Å². The van der Waals surface area contributed by atoms with E-state index in [0.717, 1.165) is 19.6 Å². The fraction of sp³-hybridized carbons (Fsp3) is 0.783. The molecular formula is C23H37FN4O8S2.